The molecular weight excluding hydrogens is 766 g/mol. The van der Waals surface area contributed by atoms with Crippen LogP contribution in [0.4, 0.5) is 0 Å². The molecule has 10 nitrogen and oxygen atoms in total. The van der Waals surface area contributed by atoms with E-state index >= 15 is 0 Å². The quantitative estimate of drug-likeness (QED) is 0.0160. The number of hydrogen-bond acceptors (Lipinski definition) is 9. The monoisotopic (exact) mass is 848 g/mol. The van der Waals surface area contributed by atoms with E-state index in [2.05, 4.69) is 50.3 Å². The molecule has 0 amide bonds. The smallest absolute Gasteiger partial charge is 0.306 e. The predicted molar refractivity (Wildman–Crippen MR) is 242 cm³/mol. The fourth-order valence-electron chi connectivity index (χ4n) is 5.45. The maximum atomic E-state index is 12.7. The van der Waals surface area contributed by atoms with Crippen LogP contribution in [-0.4, -0.2) is 81.2 Å². The zero-order chi connectivity index (χ0) is 43.7. The van der Waals surface area contributed by atoms with Gasteiger partial charge in [0.25, 0.3) is 7.82 Å². The number of aliphatic hydroxyl groups is 1. The summed E-state index contributed by atoms with van der Waals surface area (Å²) in [7, 11) is 1.07. The number of phosphoric acid groups is 1. The van der Waals surface area contributed by atoms with Crippen molar-refractivity contribution in [2.24, 2.45) is 0 Å². The van der Waals surface area contributed by atoms with Gasteiger partial charge in [0.15, 0.2) is 6.10 Å². The third-order valence-corrected chi connectivity index (χ3v) is 9.94. The van der Waals surface area contributed by atoms with Crippen LogP contribution in [0.1, 0.15) is 149 Å². The van der Waals surface area contributed by atoms with Crippen molar-refractivity contribution in [2.75, 3.05) is 47.5 Å². The fourth-order valence-corrected chi connectivity index (χ4v) is 6.18. The standard InChI is InChI=1S/C48H82NO9P/c1-6-8-10-12-14-15-16-17-18-19-20-21-22-23-27-31-35-39-47(51)55-43-46(44-57-59(53,54)56-42-41-49(3,4)5)58-48(52)40-36-32-28-25-24-26-30-34-38-45(50)37-33-29-13-11-9-7-2/h9,11,14-15,17-18,25-26,28-30,33-34,38,45-46,50H,6-8,10,12-13,16,19-24,27,31-32,35-37,39-44H2,1-5H3/b11-9-,15-14-,18-17-,28-25-,30-26-,33-29-,38-34+/t45?,46-/m1/s1. The van der Waals surface area contributed by atoms with Crippen LogP contribution in [0.25, 0.3) is 0 Å². The molecule has 0 spiro atoms. The molecule has 0 bridgehead atoms. The van der Waals surface area contributed by atoms with E-state index in [1.807, 2.05) is 63.7 Å². The van der Waals surface area contributed by atoms with Gasteiger partial charge in [-0.05, 0) is 77.0 Å². The Balaban J connectivity index is 4.54. The Hall–Kier alpha value is -2.85. The number of aliphatic hydroxyl groups excluding tert-OH is 1. The van der Waals surface area contributed by atoms with Crippen LogP contribution in [-0.2, 0) is 32.7 Å². The molecule has 0 aromatic rings. The van der Waals surface area contributed by atoms with E-state index in [-0.39, 0.29) is 26.1 Å². The topological polar surface area (TPSA) is 131 Å². The molecule has 11 heteroatoms. The first-order valence-electron chi connectivity index (χ1n) is 22.4. The number of carbonyl (C=O) groups is 2. The Morgan fingerprint density at radius 1 is 0.644 bits per heavy atom. The van der Waals surface area contributed by atoms with Gasteiger partial charge < -0.3 is 33.0 Å². The van der Waals surface area contributed by atoms with Crippen molar-refractivity contribution in [3.05, 3.63) is 85.1 Å². The molecule has 0 fully saturated rings. The molecule has 0 rings (SSSR count). The minimum atomic E-state index is -4.66. The number of unbranched alkanes of at least 4 members (excludes halogenated alkanes) is 11. The molecule has 59 heavy (non-hydrogen) atoms. The number of quaternary nitrogens is 1. The highest BCUT2D eigenvalue weighted by atomic mass is 31.2. The molecule has 0 aliphatic carbocycles. The Morgan fingerprint density at radius 2 is 1.20 bits per heavy atom. The van der Waals surface area contributed by atoms with Gasteiger partial charge in [0.2, 0.25) is 0 Å². The average molecular weight is 848 g/mol. The lowest BCUT2D eigenvalue weighted by molar-refractivity contribution is -0.870. The maximum absolute atomic E-state index is 12.7. The van der Waals surface area contributed by atoms with Crippen LogP contribution in [0.15, 0.2) is 85.1 Å². The van der Waals surface area contributed by atoms with Gasteiger partial charge in [-0.3, -0.25) is 14.2 Å². The van der Waals surface area contributed by atoms with Crippen molar-refractivity contribution < 1.29 is 47.2 Å². The van der Waals surface area contributed by atoms with Gasteiger partial charge in [-0.25, -0.2) is 0 Å². The number of rotatable bonds is 39. The van der Waals surface area contributed by atoms with Gasteiger partial charge in [-0.15, -0.1) is 0 Å². The van der Waals surface area contributed by atoms with Crippen LogP contribution in [0.2, 0.25) is 0 Å². The molecule has 0 aromatic heterocycles. The van der Waals surface area contributed by atoms with Crippen LogP contribution >= 0.6 is 7.82 Å². The van der Waals surface area contributed by atoms with Gasteiger partial charge in [0, 0.05) is 12.8 Å². The Morgan fingerprint density at radius 3 is 1.85 bits per heavy atom. The van der Waals surface area contributed by atoms with Gasteiger partial charge in [-0.2, -0.15) is 0 Å². The SMILES string of the molecule is CC/C=C\C/C=C\CC(O)/C=C/C=C\C/C=C\CCCC(=O)O[C@H](COC(=O)CCCCCCCCC/C=C\C/C=C\CCCCC)COP(=O)([O-])OCC[N+](C)(C)C. The van der Waals surface area contributed by atoms with Crippen LogP contribution in [0.5, 0.6) is 0 Å². The van der Waals surface area contributed by atoms with Gasteiger partial charge in [0.05, 0.1) is 33.9 Å². The van der Waals surface area contributed by atoms with E-state index in [9.17, 15) is 24.2 Å². The summed E-state index contributed by atoms with van der Waals surface area (Å²) in [5.41, 5.74) is 0. The zero-order valence-corrected chi connectivity index (χ0v) is 38.4. The second kappa shape index (κ2) is 39.3. The number of likely N-dealkylation sites (N-methyl/N-ethyl adjacent to an activating group) is 1. The lowest BCUT2D eigenvalue weighted by Crippen LogP contribution is -2.37. The number of hydrogen-bond donors (Lipinski definition) is 1. The summed E-state index contributed by atoms with van der Waals surface area (Å²) < 4.78 is 33.8. The molecule has 0 saturated carbocycles. The number of allylic oxidation sites excluding steroid dienone is 12. The van der Waals surface area contributed by atoms with Crippen molar-refractivity contribution in [3.63, 3.8) is 0 Å². The summed E-state index contributed by atoms with van der Waals surface area (Å²) in [6.07, 6.45) is 46.4. The molecule has 0 aromatic carbocycles. The second-order valence-corrected chi connectivity index (χ2v) is 17.3. The normalized spacial score (nSPS) is 14.9. The Labute approximate surface area is 359 Å². The largest absolute Gasteiger partial charge is 0.756 e. The Kier molecular flexibility index (Phi) is 37.4. The number of esters is 2. The van der Waals surface area contributed by atoms with E-state index in [0.29, 0.717) is 43.1 Å². The maximum Gasteiger partial charge on any atom is 0.306 e. The van der Waals surface area contributed by atoms with Crippen LogP contribution < -0.4 is 4.89 Å². The highest BCUT2D eigenvalue weighted by Crippen LogP contribution is 2.38. The molecule has 0 aliphatic rings. The summed E-state index contributed by atoms with van der Waals surface area (Å²) >= 11 is 0. The molecule has 3 atom stereocenters. The average Bonchev–Trinajstić information content (AvgIpc) is 3.18. The van der Waals surface area contributed by atoms with E-state index < -0.39 is 38.6 Å². The lowest BCUT2D eigenvalue weighted by atomic mass is 10.1. The second-order valence-electron chi connectivity index (χ2n) is 15.9. The van der Waals surface area contributed by atoms with Crippen molar-refractivity contribution in [2.45, 2.75) is 161 Å². The third kappa shape index (κ3) is 43.1. The predicted octanol–water partition coefficient (Wildman–Crippen LogP) is 11.1. The summed E-state index contributed by atoms with van der Waals surface area (Å²) in [4.78, 5) is 37.5. The molecule has 2 unspecified atom stereocenters. The van der Waals surface area contributed by atoms with Crippen LogP contribution in [0, 0.1) is 0 Å². The van der Waals surface area contributed by atoms with Gasteiger partial charge in [-0.1, -0.05) is 144 Å². The van der Waals surface area contributed by atoms with E-state index in [4.69, 9.17) is 18.5 Å². The third-order valence-electron chi connectivity index (χ3n) is 8.98. The molecule has 0 radical (unpaired) electrons. The molecule has 0 heterocycles. The van der Waals surface area contributed by atoms with Crippen molar-refractivity contribution in [1.29, 1.82) is 0 Å². The molecular formula is C48H82NO9P. The molecule has 0 saturated heterocycles. The first kappa shape index (κ1) is 56.1. The summed E-state index contributed by atoms with van der Waals surface area (Å²) in [5.74, 6) is -0.959. The first-order chi connectivity index (χ1) is 28.4. The number of phosphoric ester groups is 1. The Bertz CT molecular complexity index is 1300. The van der Waals surface area contributed by atoms with Crippen LogP contribution in [0.3, 0.4) is 0 Å². The van der Waals surface area contributed by atoms with Gasteiger partial charge >= 0.3 is 11.9 Å². The zero-order valence-electron chi connectivity index (χ0n) is 37.5. The van der Waals surface area contributed by atoms with Crippen molar-refractivity contribution in [3.8, 4) is 0 Å². The summed E-state index contributed by atoms with van der Waals surface area (Å²) in [5, 5.41) is 10.0. The molecule has 338 valence electrons. The van der Waals surface area contributed by atoms with E-state index in [0.717, 1.165) is 44.9 Å². The molecule has 1 N–H and O–H groups in total. The summed E-state index contributed by atoms with van der Waals surface area (Å²) in [6, 6.07) is 0. The van der Waals surface area contributed by atoms with E-state index in [1.165, 1.54) is 44.9 Å². The number of nitrogens with zero attached hydrogens (tertiary/aromatic N) is 1. The van der Waals surface area contributed by atoms with Gasteiger partial charge in [0.1, 0.15) is 19.8 Å². The minimum absolute atomic E-state index is 0.0585. The van der Waals surface area contributed by atoms with E-state index in [1.54, 1.807) is 6.08 Å². The first-order valence-corrected chi connectivity index (χ1v) is 23.9. The van der Waals surface area contributed by atoms with Crippen molar-refractivity contribution >= 4 is 19.8 Å². The number of ether oxygens (including phenoxy) is 2. The van der Waals surface area contributed by atoms with Crippen molar-refractivity contribution in [1.82, 2.24) is 0 Å². The fraction of sp³-hybridized carbons (Fsp3) is 0.667. The highest BCUT2D eigenvalue weighted by Gasteiger charge is 2.21. The highest BCUT2D eigenvalue weighted by molar-refractivity contribution is 7.45. The minimum Gasteiger partial charge on any atom is -0.756 e. The lowest BCUT2D eigenvalue weighted by Gasteiger charge is -2.28. The number of carbonyl (C=O) groups excluding carboxylic acids is 2. The summed E-state index contributed by atoms with van der Waals surface area (Å²) in [6.45, 7) is 3.90. The molecule has 0 aliphatic heterocycles.